The summed E-state index contributed by atoms with van der Waals surface area (Å²) in [6.07, 6.45) is 0. The molecular weight excluding hydrogens is 270 g/mol. The lowest BCUT2D eigenvalue weighted by molar-refractivity contribution is -0.119. The molecule has 0 fully saturated rings. The van der Waals surface area contributed by atoms with Crippen LogP contribution in [0.3, 0.4) is 0 Å². The summed E-state index contributed by atoms with van der Waals surface area (Å²) < 4.78 is 5.00. The summed E-state index contributed by atoms with van der Waals surface area (Å²) in [6, 6.07) is 7.10. The first-order chi connectivity index (χ1) is 9.95. The van der Waals surface area contributed by atoms with Crippen LogP contribution in [0.25, 0.3) is 0 Å². The van der Waals surface area contributed by atoms with Crippen molar-refractivity contribution in [2.75, 3.05) is 11.9 Å². The van der Waals surface area contributed by atoms with Crippen molar-refractivity contribution in [3.05, 3.63) is 46.6 Å². The zero-order valence-electron chi connectivity index (χ0n) is 12.2. The van der Waals surface area contributed by atoms with Crippen LogP contribution in [0.1, 0.15) is 27.2 Å². The number of aromatic nitrogens is 2. The van der Waals surface area contributed by atoms with Gasteiger partial charge in [-0.05, 0) is 32.4 Å². The number of hydrogen-bond acceptors (Lipinski definition) is 4. The topological polar surface area (TPSA) is 84.1 Å². The Labute approximate surface area is 122 Å². The van der Waals surface area contributed by atoms with Gasteiger partial charge in [-0.15, -0.1) is 0 Å². The van der Waals surface area contributed by atoms with Crippen molar-refractivity contribution in [1.29, 1.82) is 0 Å². The number of benzene rings is 1. The van der Waals surface area contributed by atoms with E-state index in [2.05, 4.69) is 15.5 Å². The number of amides is 1. The molecule has 1 aromatic heterocycles. The third kappa shape index (κ3) is 3.92. The normalized spacial score (nSPS) is 10.2. The predicted molar refractivity (Wildman–Crippen MR) is 78.2 cm³/mol. The van der Waals surface area contributed by atoms with Crippen molar-refractivity contribution in [2.45, 2.75) is 20.8 Å². The fourth-order valence-corrected chi connectivity index (χ4v) is 1.91. The van der Waals surface area contributed by atoms with Crippen LogP contribution in [0.15, 0.2) is 24.3 Å². The Balaban J connectivity index is 1.90. The molecule has 6 heteroatoms. The monoisotopic (exact) mass is 287 g/mol. The highest BCUT2D eigenvalue weighted by Gasteiger charge is 2.13. The van der Waals surface area contributed by atoms with Gasteiger partial charge in [0.25, 0.3) is 5.91 Å². The largest absolute Gasteiger partial charge is 0.452 e. The number of rotatable bonds is 4. The molecular formula is C15H17N3O3. The molecule has 1 aromatic carbocycles. The number of esters is 1. The Morgan fingerprint density at radius 2 is 2.00 bits per heavy atom. The number of hydrogen-bond donors (Lipinski definition) is 2. The number of aryl methyl sites for hydroxylation is 3. The highest BCUT2D eigenvalue weighted by atomic mass is 16.5. The van der Waals surface area contributed by atoms with E-state index in [4.69, 9.17) is 4.74 Å². The average Bonchev–Trinajstić information content (AvgIpc) is 2.81. The zero-order chi connectivity index (χ0) is 15.4. The van der Waals surface area contributed by atoms with Gasteiger partial charge in [0.1, 0.15) is 0 Å². The number of ether oxygens (including phenoxy) is 1. The van der Waals surface area contributed by atoms with Gasteiger partial charge in [0.05, 0.1) is 5.56 Å². The molecule has 0 spiro atoms. The molecule has 1 heterocycles. The van der Waals surface area contributed by atoms with Gasteiger partial charge in [-0.1, -0.05) is 17.7 Å². The van der Waals surface area contributed by atoms with E-state index in [9.17, 15) is 9.59 Å². The van der Waals surface area contributed by atoms with Crippen molar-refractivity contribution in [3.8, 4) is 0 Å². The Hall–Kier alpha value is -2.63. The van der Waals surface area contributed by atoms with Crippen molar-refractivity contribution < 1.29 is 14.3 Å². The second kappa shape index (κ2) is 6.21. The van der Waals surface area contributed by atoms with Crippen LogP contribution in [0.2, 0.25) is 0 Å². The summed E-state index contributed by atoms with van der Waals surface area (Å²) in [5, 5.41) is 9.11. The molecule has 1 amide bonds. The minimum absolute atomic E-state index is 0.349. The van der Waals surface area contributed by atoms with Gasteiger partial charge in [0.2, 0.25) is 0 Å². The lowest BCUT2D eigenvalue weighted by Gasteiger charge is -2.07. The van der Waals surface area contributed by atoms with Gasteiger partial charge in [0, 0.05) is 11.8 Å². The molecule has 0 aliphatic carbocycles. The molecule has 0 atom stereocenters. The summed E-state index contributed by atoms with van der Waals surface area (Å²) in [7, 11) is 0. The molecule has 0 saturated heterocycles. The fraction of sp³-hybridized carbons (Fsp3) is 0.267. The molecule has 0 bridgehead atoms. The highest BCUT2D eigenvalue weighted by molar-refractivity contribution is 5.95. The third-order valence-corrected chi connectivity index (χ3v) is 2.91. The summed E-state index contributed by atoms with van der Waals surface area (Å²) in [5.41, 5.74) is 3.18. The quantitative estimate of drug-likeness (QED) is 0.844. The number of nitrogens with zero attached hydrogens (tertiary/aromatic N) is 1. The molecule has 2 aromatic rings. The van der Waals surface area contributed by atoms with Crippen LogP contribution >= 0.6 is 0 Å². The van der Waals surface area contributed by atoms with Crippen LogP contribution in [0.5, 0.6) is 0 Å². The van der Waals surface area contributed by atoms with E-state index in [1.165, 1.54) is 0 Å². The number of H-pyrrole nitrogens is 1. The molecule has 21 heavy (non-hydrogen) atoms. The first-order valence-electron chi connectivity index (χ1n) is 6.52. The summed E-state index contributed by atoms with van der Waals surface area (Å²) in [5.74, 6) is -0.541. The lowest BCUT2D eigenvalue weighted by atomic mass is 10.1. The van der Waals surface area contributed by atoms with E-state index in [0.29, 0.717) is 11.4 Å². The standard InChI is InChI=1S/C15H17N3O3/c1-9-4-5-12(10(2)6-9)15(20)21-8-14(19)16-13-7-11(3)17-18-13/h4-7H,8H2,1-3H3,(H2,16,17,18,19). The second-order valence-corrected chi connectivity index (χ2v) is 4.88. The van der Waals surface area contributed by atoms with Crippen LogP contribution in [-0.4, -0.2) is 28.7 Å². The Morgan fingerprint density at radius 3 is 2.62 bits per heavy atom. The van der Waals surface area contributed by atoms with Crippen molar-refractivity contribution >= 4 is 17.7 Å². The molecule has 2 rings (SSSR count). The molecule has 0 saturated carbocycles. The minimum Gasteiger partial charge on any atom is -0.452 e. The smallest absolute Gasteiger partial charge is 0.338 e. The number of anilines is 1. The van der Waals surface area contributed by atoms with Crippen LogP contribution in [0, 0.1) is 20.8 Å². The third-order valence-electron chi connectivity index (χ3n) is 2.91. The Morgan fingerprint density at radius 1 is 1.24 bits per heavy atom. The van der Waals surface area contributed by atoms with Crippen molar-refractivity contribution in [3.63, 3.8) is 0 Å². The maximum atomic E-state index is 11.9. The lowest BCUT2D eigenvalue weighted by Crippen LogP contribution is -2.21. The molecule has 110 valence electrons. The van der Waals surface area contributed by atoms with E-state index < -0.39 is 11.9 Å². The van der Waals surface area contributed by atoms with Crippen molar-refractivity contribution in [1.82, 2.24) is 10.2 Å². The Kier molecular flexibility index (Phi) is 4.37. The average molecular weight is 287 g/mol. The summed E-state index contributed by atoms with van der Waals surface area (Å²) >= 11 is 0. The maximum Gasteiger partial charge on any atom is 0.338 e. The summed E-state index contributed by atoms with van der Waals surface area (Å²) in [6.45, 7) is 5.25. The van der Waals surface area contributed by atoms with E-state index in [1.807, 2.05) is 32.9 Å². The second-order valence-electron chi connectivity index (χ2n) is 4.88. The van der Waals surface area contributed by atoms with Gasteiger partial charge in [0.15, 0.2) is 12.4 Å². The maximum absolute atomic E-state index is 11.9. The number of aromatic amines is 1. The predicted octanol–water partition coefficient (Wildman–Crippen LogP) is 2.13. The van der Waals surface area contributed by atoms with Gasteiger partial charge in [-0.25, -0.2) is 4.79 Å². The molecule has 0 radical (unpaired) electrons. The van der Waals surface area contributed by atoms with Gasteiger partial charge < -0.3 is 10.1 Å². The van der Waals surface area contributed by atoms with E-state index in [0.717, 1.165) is 16.8 Å². The molecule has 6 nitrogen and oxygen atoms in total. The fourth-order valence-electron chi connectivity index (χ4n) is 1.91. The first kappa shape index (κ1) is 14.8. The van der Waals surface area contributed by atoms with Crippen LogP contribution in [0.4, 0.5) is 5.82 Å². The zero-order valence-corrected chi connectivity index (χ0v) is 12.2. The van der Waals surface area contributed by atoms with Crippen LogP contribution in [-0.2, 0) is 9.53 Å². The van der Waals surface area contributed by atoms with E-state index >= 15 is 0 Å². The molecule has 0 unspecified atom stereocenters. The number of carbonyl (C=O) groups excluding carboxylic acids is 2. The number of carbonyl (C=O) groups is 2. The van der Waals surface area contributed by atoms with Gasteiger partial charge >= 0.3 is 5.97 Å². The SMILES string of the molecule is Cc1ccc(C(=O)OCC(=O)Nc2cc(C)[nH]n2)c(C)c1. The Bertz CT molecular complexity index is 677. The van der Waals surface area contributed by atoms with E-state index in [1.54, 1.807) is 12.1 Å². The molecule has 0 aliphatic rings. The van der Waals surface area contributed by atoms with E-state index in [-0.39, 0.29) is 6.61 Å². The van der Waals surface area contributed by atoms with Gasteiger partial charge in [-0.3, -0.25) is 9.89 Å². The highest BCUT2D eigenvalue weighted by Crippen LogP contribution is 2.12. The van der Waals surface area contributed by atoms with Crippen LogP contribution < -0.4 is 5.32 Å². The minimum atomic E-state index is -0.513. The summed E-state index contributed by atoms with van der Waals surface area (Å²) in [4.78, 5) is 23.6. The molecule has 2 N–H and O–H groups in total. The number of nitrogens with one attached hydrogen (secondary N) is 2. The van der Waals surface area contributed by atoms with Gasteiger partial charge in [-0.2, -0.15) is 5.10 Å². The molecule has 0 aliphatic heterocycles. The first-order valence-corrected chi connectivity index (χ1v) is 6.52. The van der Waals surface area contributed by atoms with Crippen molar-refractivity contribution in [2.24, 2.45) is 0 Å².